The van der Waals surface area contributed by atoms with Gasteiger partial charge in [0.25, 0.3) is 0 Å². The molecule has 0 saturated heterocycles. The lowest BCUT2D eigenvalue weighted by Gasteiger charge is -2.21. The first-order valence-corrected chi connectivity index (χ1v) is 4.25. The van der Waals surface area contributed by atoms with Crippen LogP contribution in [0.15, 0.2) is 21.2 Å². The number of aliphatic hydroxyl groups excluding tert-OH is 2. The van der Waals surface area contributed by atoms with Crippen molar-refractivity contribution in [2.75, 3.05) is 0 Å². The first-order valence-electron chi connectivity index (χ1n) is 3.50. The van der Waals surface area contributed by atoms with E-state index in [0.29, 0.717) is 0 Å². The summed E-state index contributed by atoms with van der Waals surface area (Å²) in [6, 6.07) is 3.21. The molecule has 4 nitrogen and oxygen atoms in total. The summed E-state index contributed by atoms with van der Waals surface area (Å²) in [5, 5.41) is 35.6. The zero-order valence-corrected chi connectivity index (χ0v) is 8.21. The van der Waals surface area contributed by atoms with Crippen LogP contribution in [0.1, 0.15) is 0 Å². The lowest BCUT2D eigenvalue weighted by Crippen LogP contribution is -2.26. The highest BCUT2D eigenvalue weighted by molar-refractivity contribution is 6.40. The molecule has 1 rings (SSSR count). The van der Waals surface area contributed by atoms with Gasteiger partial charge in [0.05, 0.1) is 33.3 Å². The van der Waals surface area contributed by atoms with E-state index in [1.165, 1.54) is 0 Å². The number of hydrogen-bond acceptors (Lipinski definition) is 4. The highest BCUT2D eigenvalue weighted by Gasteiger charge is 2.33. The zero-order chi connectivity index (χ0) is 10.9. The summed E-state index contributed by atoms with van der Waals surface area (Å²) in [6.07, 6.45) is -2.85. The molecule has 0 aromatic rings. The fourth-order valence-electron chi connectivity index (χ4n) is 1.05. The van der Waals surface area contributed by atoms with Crippen LogP contribution in [-0.4, -0.2) is 22.4 Å². The van der Waals surface area contributed by atoms with Gasteiger partial charge in [0.1, 0.15) is 12.2 Å². The van der Waals surface area contributed by atoms with Gasteiger partial charge in [-0.1, -0.05) is 23.2 Å². The largest absolute Gasteiger partial charge is 0.382 e. The van der Waals surface area contributed by atoms with E-state index in [4.69, 9.17) is 33.7 Å². The number of halogens is 2. The fraction of sp³-hybridized carbons (Fsp3) is 0.250. The second kappa shape index (κ2) is 4.00. The monoisotopic (exact) mass is 230 g/mol. The van der Waals surface area contributed by atoms with E-state index in [-0.39, 0.29) is 21.2 Å². The normalized spacial score (nSPS) is 27.3. The first-order chi connectivity index (χ1) is 6.54. The predicted molar refractivity (Wildman–Crippen MR) is 49.0 cm³/mol. The van der Waals surface area contributed by atoms with Gasteiger partial charge in [0.2, 0.25) is 0 Å². The number of nitriles is 2. The van der Waals surface area contributed by atoms with Gasteiger partial charge in [-0.15, -0.1) is 0 Å². The van der Waals surface area contributed by atoms with Gasteiger partial charge in [-0.05, 0) is 0 Å². The molecule has 0 spiro atoms. The van der Waals surface area contributed by atoms with E-state index in [0.717, 1.165) is 0 Å². The minimum Gasteiger partial charge on any atom is -0.382 e. The van der Waals surface area contributed by atoms with E-state index in [1.807, 2.05) is 0 Å². The number of nitrogens with zero attached hydrogens (tertiary/aromatic N) is 2. The standard InChI is InChI=1S/C8H4Cl2N2O2/c9-5-6(10)8(14)4(2-12)3(1-11)7(5)13/h7-8,13-14H. The SMILES string of the molecule is N#CC1=C(C#N)C(O)C(Cl)=C(Cl)C1O. The van der Waals surface area contributed by atoms with Crippen LogP contribution >= 0.6 is 23.2 Å². The van der Waals surface area contributed by atoms with Crippen molar-refractivity contribution in [3.05, 3.63) is 21.2 Å². The van der Waals surface area contributed by atoms with Crippen molar-refractivity contribution in [2.24, 2.45) is 0 Å². The van der Waals surface area contributed by atoms with Crippen molar-refractivity contribution >= 4 is 23.2 Å². The Bertz CT molecular complexity index is 376. The average Bonchev–Trinajstić information content (AvgIpc) is 2.20. The molecule has 0 fully saturated rings. The second-order valence-corrected chi connectivity index (χ2v) is 3.37. The third kappa shape index (κ3) is 1.50. The summed E-state index contributed by atoms with van der Waals surface area (Å²) in [6.45, 7) is 0. The maximum atomic E-state index is 9.41. The summed E-state index contributed by atoms with van der Waals surface area (Å²) in [5.41, 5.74) is -0.538. The molecule has 6 heteroatoms. The smallest absolute Gasteiger partial charge is 0.127 e. The van der Waals surface area contributed by atoms with Crippen molar-refractivity contribution in [3.8, 4) is 12.1 Å². The molecule has 0 aromatic carbocycles. The minimum absolute atomic E-state index is 0.227. The Morgan fingerprint density at radius 2 is 1.21 bits per heavy atom. The van der Waals surface area contributed by atoms with E-state index in [9.17, 15) is 10.2 Å². The van der Waals surface area contributed by atoms with Gasteiger partial charge < -0.3 is 10.2 Å². The van der Waals surface area contributed by atoms with Gasteiger partial charge in [0.15, 0.2) is 0 Å². The number of aliphatic hydroxyl groups is 2. The second-order valence-electron chi connectivity index (χ2n) is 2.55. The number of rotatable bonds is 0. The van der Waals surface area contributed by atoms with E-state index in [2.05, 4.69) is 0 Å². The van der Waals surface area contributed by atoms with Crippen molar-refractivity contribution < 1.29 is 10.2 Å². The van der Waals surface area contributed by atoms with Gasteiger partial charge >= 0.3 is 0 Å². The van der Waals surface area contributed by atoms with Crippen LogP contribution in [0.5, 0.6) is 0 Å². The lowest BCUT2D eigenvalue weighted by atomic mass is 9.94. The van der Waals surface area contributed by atoms with Crippen LogP contribution in [0.25, 0.3) is 0 Å². The Hall–Kier alpha value is -1.04. The molecule has 2 N–H and O–H groups in total. The first kappa shape index (κ1) is 11.0. The van der Waals surface area contributed by atoms with Crippen LogP contribution in [0.3, 0.4) is 0 Å². The molecule has 0 bridgehead atoms. The molecule has 1 aliphatic carbocycles. The quantitative estimate of drug-likeness (QED) is 0.643. The summed E-state index contributed by atoms with van der Waals surface area (Å²) in [4.78, 5) is 0. The van der Waals surface area contributed by atoms with Gasteiger partial charge in [-0.2, -0.15) is 10.5 Å². The van der Waals surface area contributed by atoms with E-state index in [1.54, 1.807) is 12.1 Å². The highest BCUT2D eigenvalue weighted by atomic mass is 35.5. The molecule has 72 valence electrons. The molecule has 0 radical (unpaired) electrons. The molecule has 0 amide bonds. The average molecular weight is 231 g/mol. The van der Waals surface area contributed by atoms with Crippen molar-refractivity contribution in [1.82, 2.24) is 0 Å². The van der Waals surface area contributed by atoms with Crippen molar-refractivity contribution in [1.29, 1.82) is 10.5 Å². The topological polar surface area (TPSA) is 88.0 Å². The van der Waals surface area contributed by atoms with E-state index < -0.39 is 12.2 Å². The van der Waals surface area contributed by atoms with Crippen LogP contribution in [0, 0.1) is 22.7 Å². The minimum atomic E-state index is -1.42. The fourth-order valence-corrected chi connectivity index (χ4v) is 1.48. The summed E-state index contributed by atoms with van der Waals surface area (Å²) in [7, 11) is 0. The van der Waals surface area contributed by atoms with Crippen molar-refractivity contribution in [2.45, 2.75) is 12.2 Å². The third-order valence-corrected chi connectivity index (χ3v) is 2.70. The Morgan fingerprint density at radius 1 is 0.929 bits per heavy atom. The maximum absolute atomic E-state index is 9.41. The molecule has 0 heterocycles. The predicted octanol–water partition coefficient (Wildman–Crippen LogP) is 0.755. The maximum Gasteiger partial charge on any atom is 0.127 e. The van der Waals surface area contributed by atoms with Crippen molar-refractivity contribution in [3.63, 3.8) is 0 Å². The Morgan fingerprint density at radius 3 is 1.43 bits per heavy atom. The summed E-state index contributed by atoms with van der Waals surface area (Å²) < 4.78 is 0. The molecule has 2 unspecified atom stereocenters. The summed E-state index contributed by atoms with van der Waals surface area (Å²) in [5.74, 6) is 0. The third-order valence-electron chi connectivity index (χ3n) is 1.79. The molecular formula is C8H4Cl2N2O2. The van der Waals surface area contributed by atoms with Gasteiger partial charge in [0, 0.05) is 0 Å². The lowest BCUT2D eigenvalue weighted by molar-refractivity contribution is 0.221. The molecular weight excluding hydrogens is 227 g/mol. The van der Waals surface area contributed by atoms with Crippen LogP contribution in [0.2, 0.25) is 0 Å². The van der Waals surface area contributed by atoms with Crippen LogP contribution in [0.4, 0.5) is 0 Å². The van der Waals surface area contributed by atoms with Gasteiger partial charge in [-0.3, -0.25) is 0 Å². The Kier molecular flexibility index (Phi) is 3.15. The zero-order valence-electron chi connectivity index (χ0n) is 6.70. The van der Waals surface area contributed by atoms with Gasteiger partial charge in [-0.25, -0.2) is 0 Å². The Labute approximate surface area is 89.9 Å². The Balaban J connectivity index is 3.34. The van der Waals surface area contributed by atoms with E-state index >= 15 is 0 Å². The molecule has 2 atom stereocenters. The molecule has 0 saturated carbocycles. The molecule has 1 aliphatic rings. The molecule has 14 heavy (non-hydrogen) atoms. The molecule has 0 aliphatic heterocycles. The number of hydrogen-bond donors (Lipinski definition) is 2. The van der Waals surface area contributed by atoms with Crippen LogP contribution < -0.4 is 0 Å². The molecule has 0 aromatic heterocycles. The highest BCUT2D eigenvalue weighted by Crippen LogP contribution is 2.34. The summed E-state index contributed by atoms with van der Waals surface area (Å²) >= 11 is 11.1. The van der Waals surface area contributed by atoms with Crippen LogP contribution in [-0.2, 0) is 0 Å².